The molecular formula is C12H16BrN5O. The molecule has 1 unspecified atom stereocenters. The summed E-state index contributed by atoms with van der Waals surface area (Å²) in [6.07, 6.45) is 3.50. The second kappa shape index (κ2) is 5.56. The summed E-state index contributed by atoms with van der Waals surface area (Å²) in [6, 6.07) is 1.76. The number of hydrogen-bond donors (Lipinski definition) is 1. The van der Waals surface area contributed by atoms with Crippen molar-refractivity contribution in [2.75, 3.05) is 0 Å². The second-order valence-corrected chi connectivity index (χ2v) is 5.11. The van der Waals surface area contributed by atoms with Gasteiger partial charge in [-0.25, -0.2) is 0 Å². The van der Waals surface area contributed by atoms with E-state index in [2.05, 4.69) is 31.4 Å². The minimum Gasteiger partial charge on any atom is -0.343 e. The fourth-order valence-corrected chi connectivity index (χ4v) is 2.32. The highest BCUT2D eigenvalue weighted by Crippen LogP contribution is 2.17. The van der Waals surface area contributed by atoms with E-state index in [9.17, 15) is 4.79 Å². The summed E-state index contributed by atoms with van der Waals surface area (Å²) < 4.78 is 4.05. The van der Waals surface area contributed by atoms with Gasteiger partial charge in [0.05, 0.1) is 22.4 Å². The van der Waals surface area contributed by atoms with E-state index in [4.69, 9.17) is 0 Å². The third kappa shape index (κ3) is 2.86. The highest BCUT2D eigenvalue weighted by molar-refractivity contribution is 9.10. The summed E-state index contributed by atoms with van der Waals surface area (Å²) in [5.41, 5.74) is 1.34. The number of carbonyl (C=O) groups is 1. The van der Waals surface area contributed by atoms with Crippen molar-refractivity contribution < 1.29 is 4.79 Å². The predicted octanol–water partition coefficient (Wildman–Crippen LogP) is 1.89. The summed E-state index contributed by atoms with van der Waals surface area (Å²) in [5, 5.41) is 11.3. The first-order valence-corrected chi connectivity index (χ1v) is 6.84. The Morgan fingerprint density at radius 2 is 2.32 bits per heavy atom. The number of hydrogen-bond acceptors (Lipinski definition) is 3. The molecule has 1 atom stereocenters. The van der Waals surface area contributed by atoms with Crippen molar-refractivity contribution in [2.24, 2.45) is 7.05 Å². The highest BCUT2D eigenvalue weighted by atomic mass is 79.9. The average Bonchev–Trinajstić information content (AvgIpc) is 2.96. The summed E-state index contributed by atoms with van der Waals surface area (Å²) in [7, 11) is 1.73. The van der Waals surface area contributed by atoms with Gasteiger partial charge in [0.1, 0.15) is 5.69 Å². The molecule has 2 heterocycles. The van der Waals surface area contributed by atoms with Crippen LogP contribution in [0.3, 0.4) is 0 Å². The largest absolute Gasteiger partial charge is 0.343 e. The van der Waals surface area contributed by atoms with E-state index in [1.165, 1.54) is 4.68 Å². The molecule has 0 radical (unpaired) electrons. The van der Waals surface area contributed by atoms with Gasteiger partial charge in [0.25, 0.3) is 5.91 Å². The Balaban J connectivity index is 2.10. The molecule has 1 N–H and O–H groups in total. The summed E-state index contributed by atoms with van der Waals surface area (Å²) in [6.45, 7) is 4.74. The molecule has 2 rings (SSSR count). The number of nitrogens with one attached hydrogen (secondary N) is 1. The van der Waals surface area contributed by atoms with Crippen LogP contribution in [-0.4, -0.2) is 25.5 Å². The van der Waals surface area contributed by atoms with Gasteiger partial charge in [-0.1, -0.05) is 0 Å². The molecule has 0 aliphatic heterocycles. The SMILES string of the molecule is CCn1ccc(C(C)NC(=O)c2c(Br)cnn2C)n1. The van der Waals surface area contributed by atoms with Gasteiger partial charge in [0.15, 0.2) is 0 Å². The monoisotopic (exact) mass is 325 g/mol. The maximum atomic E-state index is 12.2. The van der Waals surface area contributed by atoms with Crippen LogP contribution in [0.15, 0.2) is 22.9 Å². The molecule has 0 bridgehead atoms. The van der Waals surface area contributed by atoms with Crippen LogP contribution in [0, 0.1) is 0 Å². The number of nitrogens with zero attached hydrogens (tertiary/aromatic N) is 4. The van der Waals surface area contributed by atoms with Crippen LogP contribution in [0.25, 0.3) is 0 Å². The lowest BCUT2D eigenvalue weighted by Gasteiger charge is -2.12. The third-order valence-electron chi connectivity index (χ3n) is 2.89. The van der Waals surface area contributed by atoms with Gasteiger partial charge in [-0.15, -0.1) is 0 Å². The van der Waals surface area contributed by atoms with Crippen LogP contribution < -0.4 is 5.32 Å². The number of rotatable bonds is 4. The summed E-state index contributed by atoms with van der Waals surface area (Å²) >= 11 is 3.32. The van der Waals surface area contributed by atoms with Crippen LogP contribution in [-0.2, 0) is 13.6 Å². The molecule has 6 nitrogen and oxygen atoms in total. The molecule has 2 aromatic heterocycles. The lowest BCUT2D eigenvalue weighted by Crippen LogP contribution is -2.29. The van der Waals surface area contributed by atoms with E-state index in [0.29, 0.717) is 10.2 Å². The van der Waals surface area contributed by atoms with E-state index in [0.717, 1.165) is 12.2 Å². The Kier molecular flexibility index (Phi) is 4.04. The predicted molar refractivity (Wildman–Crippen MR) is 74.7 cm³/mol. The number of amides is 1. The first kappa shape index (κ1) is 13.8. The highest BCUT2D eigenvalue weighted by Gasteiger charge is 2.18. The summed E-state index contributed by atoms with van der Waals surface area (Å²) in [4.78, 5) is 12.2. The van der Waals surface area contributed by atoms with Crippen molar-refractivity contribution in [1.82, 2.24) is 24.9 Å². The smallest absolute Gasteiger partial charge is 0.271 e. The zero-order chi connectivity index (χ0) is 14.0. The first-order chi connectivity index (χ1) is 9.02. The van der Waals surface area contributed by atoms with Crippen LogP contribution in [0.4, 0.5) is 0 Å². The topological polar surface area (TPSA) is 64.7 Å². The van der Waals surface area contributed by atoms with E-state index in [-0.39, 0.29) is 11.9 Å². The van der Waals surface area contributed by atoms with Gasteiger partial charge < -0.3 is 5.32 Å². The maximum absolute atomic E-state index is 12.2. The van der Waals surface area contributed by atoms with Crippen molar-refractivity contribution in [3.8, 4) is 0 Å². The molecule has 1 amide bonds. The molecule has 0 aliphatic carbocycles. The Hall–Kier alpha value is -1.63. The number of carbonyl (C=O) groups excluding carboxylic acids is 1. The fourth-order valence-electron chi connectivity index (χ4n) is 1.79. The van der Waals surface area contributed by atoms with Crippen LogP contribution >= 0.6 is 15.9 Å². The van der Waals surface area contributed by atoms with Crippen molar-refractivity contribution in [2.45, 2.75) is 26.4 Å². The molecule has 102 valence electrons. The lowest BCUT2D eigenvalue weighted by molar-refractivity contribution is 0.0928. The molecule has 19 heavy (non-hydrogen) atoms. The standard InChI is InChI=1S/C12H16BrN5O/c1-4-18-6-5-10(16-18)8(2)15-12(19)11-9(13)7-14-17(11)3/h5-8H,4H2,1-3H3,(H,15,19). The number of aryl methyl sites for hydroxylation is 2. The molecule has 7 heteroatoms. The van der Waals surface area contributed by atoms with E-state index in [1.54, 1.807) is 13.2 Å². The molecule has 0 saturated carbocycles. The Bertz CT molecular complexity index is 569. The van der Waals surface area contributed by atoms with Gasteiger partial charge >= 0.3 is 0 Å². The van der Waals surface area contributed by atoms with E-state index in [1.807, 2.05) is 30.8 Å². The molecule has 0 aliphatic rings. The quantitative estimate of drug-likeness (QED) is 0.933. The molecular weight excluding hydrogens is 310 g/mol. The zero-order valence-electron chi connectivity index (χ0n) is 11.1. The third-order valence-corrected chi connectivity index (χ3v) is 3.47. The number of halogens is 1. The fraction of sp³-hybridized carbons (Fsp3) is 0.417. The molecule has 0 saturated heterocycles. The van der Waals surface area contributed by atoms with E-state index < -0.39 is 0 Å². The van der Waals surface area contributed by atoms with Crippen LogP contribution in [0.1, 0.15) is 36.1 Å². The van der Waals surface area contributed by atoms with Crippen molar-refractivity contribution in [1.29, 1.82) is 0 Å². The average molecular weight is 326 g/mol. The van der Waals surface area contributed by atoms with Crippen molar-refractivity contribution in [3.63, 3.8) is 0 Å². The maximum Gasteiger partial charge on any atom is 0.271 e. The lowest BCUT2D eigenvalue weighted by atomic mass is 10.2. The van der Waals surface area contributed by atoms with Crippen molar-refractivity contribution >= 4 is 21.8 Å². The van der Waals surface area contributed by atoms with Crippen molar-refractivity contribution in [3.05, 3.63) is 34.3 Å². The van der Waals surface area contributed by atoms with Gasteiger partial charge in [-0.3, -0.25) is 14.2 Å². The molecule has 0 fully saturated rings. The van der Waals surface area contributed by atoms with Gasteiger partial charge in [0, 0.05) is 19.8 Å². The Morgan fingerprint density at radius 1 is 1.58 bits per heavy atom. The van der Waals surface area contributed by atoms with Gasteiger partial charge in [0.2, 0.25) is 0 Å². The Labute approximate surface area is 119 Å². The van der Waals surface area contributed by atoms with Gasteiger partial charge in [-0.2, -0.15) is 10.2 Å². The zero-order valence-corrected chi connectivity index (χ0v) is 12.7. The van der Waals surface area contributed by atoms with Crippen LogP contribution in [0.2, 0.25) is 0 Å². The van der Waals surface area contributed by atoms with E-state index >= 15 is 0 Å². The molecule has 0 aromatic carbocycles. The molecule has 0 spiro atoms. The minimum absolute atomic E-state index is 0.151. The normalized spacial score (nSPS) is 12.4. The van der Waals surface area contributed by atoms with Gasteiger partial charge in [-0.05, 0) is 35.8 Å². The molecule has 2 aromatic rings. The number of aromatic nitrogens is 4. The minimum atomic E-state index is -0.176. The summed E-state index contributed by atoms with van der Waals surface area (Å²) in [5.74, 6) is -0.176. The second-order valence-electron chi connectivity index (χ2n) is 4.26. The van der Waals surface area contributed by atoms with Crippen LogP contribution in [0.5, 0.6) is 0 Å². The Morgan fingerprint density at radius 3 is 2.84 bits per heavy atom. The first-order valence-electron chi connectivity index (χ1n) is 6.04.